The molecule has 1 unspecified atom stereocenters. The topological polar surface area (TPSA) is 96.0 Å². The Morgan fingerprint density at radius 2 is 1.50 bits per heavy atom. The lowest BCUT2D eigenvalue weighted by molar-refractivity contribution is -0.140. The Kier molecular flexibility index (Phi) is 10.9. The molecule has 11 heteroatoms. The number of carbonyl (C=O) groups excluding carboxylic acids is 2. The number of nitrogens with one attached hydrogen (secondary N) is 1. The Bertz CT molecular complexity index is 1700. The lowest BCUT2D eigenvalue weighted by Gasteiger charge is -2.33. The summed E-state index contributed by atoms with van der Waals surface area (Å²) in [5, 5.41) is 3.25. The number of likely N-dealkylation sites (N-methyl/N-ethyl adjacent to an activating group) is 1. The molecular formula is C33H33Cl2N3O5S. The molecule has 0 heterocycles. The summed E-state index contributed by atoms with van der Waals surface area (Å²) < 4.78 is 35.0. The van der Waals surface area contributed by atoms with E-state index in [1.54, 1.807) is 73.7 Å². The van der Waals surface area contributed by atoms with Crippen molar-refractivity contribution in [2.45, 2.75) is 37.8 Å². The van der Waals surface area contributed by atoms with Crippen molar-refractivity contribution in [3.63, 3.8) is 0 Å². The summed E-state index contributed by atoms with van der Waals surface area (Å²) in [6.07, 6.45) is 0.295. The van der Waals surface area contributed by atoms with Crippen molar-refractivity contribution in [1.82, 2.24) is 10.2 Å². The summed E-state index contributed by atoms with van der Waals surface area (Å²) in [7, 11) is -2.72. The summed E-state index contributed by atoms with van der Waals surface area (Å²) in [5.41, 5.74) is 1.77. The van der Waals surface area contributed by atoms with Crippen LogP contribution in [0, 0.1) is 6.92 Å². The number of benzene rings is 4. The first-order chi connectivity index (χ1) is 21.0. The fraction of sp³-hybridized carbons (Fsp3) is 0.212. The lowest BCUT2D eigenvalue weighted by Crippen LogP contribution is -2.51. The number of sulfonamides is 1. The third-order valence-corrected chi connectivity index (χ3v) is 9.49. The molecule has 0 saturated heterocycles. The van der Waals surface area contributed by atoms with Gasteiger partial charge in [0, 0.05) is 13.6 Å². The number of para-hydroxylation sites is 1. The van der Waals surface area contributed by atoms with Crippen molar-refractivity contribution in [1.29, 1.82) is 0 Å². The zero-order valence-corrected chi connectivity index (χ0v) is 26.9. The Balaban J connectivity index is 1.73. The number of rotatable bonds is 12. The van der Waals surface area contributed by atoms with Crippen LogP contribution >= 0.6 is 23.2 Å². The predicted molar refractivity (Wildman–Crippen MR) is 174 cm³/mol. The fourth-order valence-corrected chi connectivity index (χ4v) is 6.33. The Hall–Kier alpha value is -4.05. The van der Waals surface area contributed by atoms with Crippen LogP contribution in [0.1, 0.15) is 24.5 Å². The first kappa shape index (κ1) is 32.9. The van der Waals surface area contributed by atoms with Gasteiger partial charge in [-0.3, -0.25) is 13.9 Å². The van der Waals surface area contributed by atoms with Crippen LogP contribution in [0.2, 0.25) is 10.0 Å². The second kappa shape index (κ2) is 14.6. The highest BCUT2D eigenvalue weighted by molar-refractivity contribution is 7.92. The summed E-state index contributed by atoms with van der Waals surface area (Å²) in [5.74, 6) is 0.159. The monoisotopic (exact) mass is 653 g/mol. The van der Waals surface area contributed by atoms with Crippen LogP contribution in [0.15, 0.2) is 102 Å². The molecule has 0 saturated carbocycles. The molecule has 4 aromatic rings. The molecule has 230 valence electrons. The number of aryl methyl sites for hydroxylation is 1. The quantitative estimate of drug-likeness (QED) is 0.181. The number of anilines is 1. The minimum absolute atomic E-state index is 0.00389. The highest BCUT2D eigenvalue weighted by Gasteiger charge is 2.33. The summed E-state index contributed by atoms with van der Waals surface area (Å²) in [4.78, 5) is 28.4. The lowest BCUT2D eigenvalue weighted by atomic mass is 10.1. The number of hydrogen-bond donors (Lipinski definition) is 1. The summed E-state index contributed by atoms with van der Waals surface area (Å²) >= 11 is 12.3. The van der Waals surface area contributed by atoms with Crippen molar-refractivity contribution in [3.8, 4) is 11.5 Å². The first-order valence-electron chi connectivity index (χ1n) is 13.9. The molecule has 0 radical (unpaired) electrons. The second-order valence-corrected chi connectivity index (χ2v) is 12.7. The Morgan fingerprint density at radius 3 is 2.09 bits per heavy atom. The average Bonchev–Trinajstić information content (AvgIpc) is 3.02. The minimum Gasteiger partial charge on any atom is -0.457 e. The van der Waals surface area contributed by atoms with E-state index in [4.69, 9.17) is 27.9 Å². The predicted octanol–water partition coefficient (Wildman–Crippen LogP) is 6.84. The maximum Gasteiger partial charge on any atom is 0.264 e. The van der Waals surface area contributed by atoms with E-state index in [1.807, 2.05) is 25.1 Å². The molecule has 4 rings (SSSR count). The average molecular weight is 655 g/mol. The van der Waals surface area contributed by atoms with Gasteiger partial charge in [0.1, 0.15) is 24.1 Å². The van der Waals surface area contributed by atoms with Crippen LogP contribution in [-0.4, -0.2) is 44.8 Å². The van der Waals surface area contributed by atoms with Gasteiger partial charge < -0.3 is 15.0 Å². The van der Waals surface area contributed by atoms with Gasteiger partial charge in [0.05, 0.1) is 20.6 Å². The van der Waals surface area contributed by atoms with Gasteiger partial charge in [-0.2, -0.15) is 0 Å². The van der Waals surface area contributed by atoms with E-state index < -0.39 is 28.5 Å². The van der Waals surface area contributed by atoms with Gasteiger partial charge >= 0.3 is 0 Å². The van der Waals surface area contributed by atoms with E-state index in [0.29, 0.717) is 33.5 Å². The van der Waals surface area contributed by atoms with Gasteiger partial charge in [-0.05, 0) is 79.6 Å². The van der Waals surface area contributed by atoms with Crippen LogP contribution < -0.4 is 14.4 Å². The maximum absolute atomic E-state index is 14.1. The largest absolute Gasteiger partial charge is 0.457 e. The number of ether oxygens (including phenoxy) is 1. The van der Waals surface area contributed by atoms with Crippen LogP contribution in [0.5, 0.6) is 11.5 Å². The molecule has 0 aliphatic rings. The molecular weight excluding hydrogens is 621 g/mol. The van der Waals surface area contributed by atoms with Crippen LogP contribution in [0.3, 0.4) is 0 Å². The number of halogens is 2. The van der Waals surface area contributed by atoms with Gasteiger partial charge in [-0.25, -0.2) is 8.42 Å². The SMILES string of the molecule is CCC(C(=O)NC)N(Cc1ccc(Cl)c(Cl)c1)C(=O)CN(c1ccc(Oc2ccccc2)cc1)S(=O)(=O)c1ccc(C)cc1. The highest BCUT2D eigenvalue weighted by Crippen LogP contribution is 2.29. The van der Waals surface area contributed by atoms with E-state index in [-0.39, 0.29) is 23.0 Å². The molecule has 8 nitrogen and oxygen atoms in total. The smallest absolute Gasteiger partial charge is 0.264 e. The van der Waals surface area contributed by atoms with Crippen molar-refractivity contribution in [2.24, 2.45) is 0 Å². The van der Waals surface area contributed by atoms with Crippen molar-refractivity contribution in [3.05, 3.63) is 118 Å². The van der Waals surface area contributed by atoms with Crippen molar-refractivity contribution in [2.75, 3.05) is 17.9 Å². The molecule has 1 N–H and O–H groups in total. The second-order valence-electron chi connectivity index (χ2n) is 10.0. The fourth-order valence-electron chi connectivity index (χ4n) is 4.59. The standard InChI is InChI=1S/C33H33Cl2N3O5S/c1-4-31(33(40)36-3)37(21-24-12-19-29(34)30(35)20-24)32(39)22-38(44(41,42)28-17-10-23(2)11-18-28)25-13-15-27(16-14-25)43-26-8-6-5-7-9-26/h5-20,31H,4,21-22H2,1-3H3,(H,36,40). The van der Waals surface area contributed by atoms with Crippen molar-refractivity contribution < 1.29 is 22.7 Å². The normalized spacial score (nSPS) is 11.8. The Morgan fingerprint density at radius 1 is 0.864 bits per heavy atom. The van der Waals surface area contributed by atoms with Crippen LogP contribution in [0.4, 0.5) is 5.69 Å². The molecule has 0 aliphatic heterocycles. The van der Waals surface area contributed by atoms with Crippen LogP contribution in [0.25, 0.3) is 0 Å². The molecule has 4 aromatic carbocycles. The molecule has 0 aromatic heterocycles. The first-order valence-corrected chi connectivity index (χ1v) is 16.1. The van der Waals surface area contributed by atoms with Gasteiger partial charge in [0.15, 0.2) is 0 Å². The summed E-state index contributed by atoms with van der Waals surface area (Å²) in [6.45, 7) is 3.07. The zero-order chi connectivity index (χ0) is 31.9. The number of hydrogen-bond acceptors (Lipinski definition) is 5. The van der Waals surface area contributed by atoms with Gasteiger partial charge in [-0.15, -0.1) is 0 Å². The molecule has 0 bridgehead atoms. The number of carbonyl (C=O) groups is 2. The summed E-state index contributed by atoms with van der Waals surface area (Å²) in [6, 6.07) is 26.1. The molecule has 0 spiro atoms. The van der Waals surface area contributed by atoms with Gasteiger partial charge in [0.2, 0.25) is 11.8 Å². The molecule has 44 heavy (non-hydrogen) atoms. The molecule has 0 fully saturated rings. The highest BCUT2D eigenvalue weighted by atomic mass is 35.5. The van der Waals surface area contributed by atoms with E-state index in [0.717, 1.165) is 9.87 Å². The van der Waals surface area contributed by atoms with Gasteiger partial charge in [0.25, 0.3) is 10.0 Å². The minimum atomic E-state index is -4.21. The van der Waals surface area contributed by atoms with E-state index >= 15 is 0 Å². The van der Waals surface area contributed by atoms with Gasteiger partial charge in [-0.1, -0.05) is 72.1 Å². The Labute approximate surface area is 268 Å². The number of amides is 2. The molecule has 2 amide bonds. The van der Waals surface area contributed by atoms with Crippen molar-refractivity contribution >= 4 is 50.7 Å². The van der Waals surface area contributed by atoms with E-state index in [2.05, 4.69) is 5.32 Å². The van der Waals surface area contributed by atoms with E-state index in [1.165, 1.54) is 24.1 Å². The third-order valence-electron chi connectivity index (χ3n) is 6.96. The molecule has 0 aliphatic carbocycles. The van der Waals surface area contributed by atoms with E-state index in [9.17, 15) is 18.0 Å². The van der Waals surface area contributed by atoms with Crippen LogP contribution in [-0.2, 0) is 26.2 Å². The third kappa shape index (κ3) is 7.91. The zero-order valence-electron chi connectivity index (χ0n) is 24.5. The number of nitrogens with zero attached hydrogens (tertiary/aromatic N) is 2. The maximum atomic E-state index is 14.1. The molecule has 1 atom stereocenters.